The maximum atomic E-state index is 12.3. The predicted molar refractivity (Wildman–Crippen MR) is 111 cm³/mol. The van der Waals surface area contributed by atoms with E-state index in [4.69, 9.17) is 13.9 Å². The summed E-state index contributed by atoms with van der Waals surface area (Å²) in [6, 6.07) is 21.5. The van der Waals surface area contributed by atoms with Crippen LogP contribution < -0.4 is 15.1 Å². The van der Waals surface area contributed by atoms with Crippen LogP contribution in [0.2, 0.25) is 0 Å². The van der Waals surface area contributed by atoms with Gasteiger partial charge in [-0.25, -0.2) is 4.79 Å². The first-order valence-electron chi connectivity index (χ1n) is 9.35. The Kier molecular flexibility index (Phi) is 5.75. The van der Waals surface area contributed by atoms with Gasteiger partial charge in [0, 0.05) is 29.6 Å². The SMILES string of the molecule is O=c1oc(-c2ccc(OCc3cccnc3)cc2)cc(O)c1OCc1ccccc1. The van der Waals surface area contributed by atoms with E-state index in [-0.39, 0.29) is 23.9 Å². The zero-order valence-electron chi connectivity index (χ0n) is 16.0. The van der Waals surface area contributed by atoms with Crippen molar-refractivity contribution < 1.29 is 19.0 Å². The predicted octanol–water partition coefficient (Wildman–Crippen LogP) is 4.57. The lowest BCUT2D eigenvalue weighted by molar-refractivity contribution is 0.271. The molecule has 6 heteroatoms. The lowest BCUT2D eigenvalue weighted by Crippen LogP contribution is -2.07. The van der Waals surface area contributed by atoms with Crippen molar-refractivity contribution in [3.8, 4) is 28.6 Å². The molecule has 0 saturated heterocycles. The van der Waals surface area contributed by atoms with Crippen LogP contribution in [0.4, 0.5) is 0 Å². The molecular weight excluding hydrogens is 382 g/mol. The molecule has 0 aliphatic rings. The maximum absolute atomic E-state index is 12.3. The summed E-state index contributed by atoms with van der Waals surface area (Å²) in [5, 5.41) is 10.3. The Morgan fingerprint density at radius 3 is 2.30 bits per heavy atom. The van der Waals surface area contributed by atoms with Gasteiger partial charge in [0.1, 0.15) is 24.7 Å². The number of pyridine rings is 1. The summed E-state index contributed by atoms with van der Waals surface area (Å²) >= 11 is 0. The fraction of sp³-hybridized carbons (Fsp3) is 0.0833. The van der Waals surface area contributed by atoms with E-state index < -0.39 is 5.63 Å². The van der Waals surface area contributed by atoms with Crippen LogP contribution in [0.3, 0.4) is 0 Å². The van der Waals surface area contributed by atoms with Crippen molar-refractivity contribution in [2.24, 2.45) is 0 Å². The number of hydrogen-bond donors (Lipinski definition) is 1. The molecule has 30 heavy (non-hydrogen) atoms. The lowest BCUT2D eigenvalue weighted by Gasteiger charge is -2.09. The van der Waals surface area contributed by atoms with Crippen LogP contribution in [0.5, 0.6) is 17.2 Å². The molecule has 4 aromatic rings. The van der Waals surface area contributed by atoms with Crippen molar-refractivity contribution in [3.63, 3.8) is 0 Å². The van der Waals surface area contributed by atoms with Crippen molar-refractivity contribution in [2.45, 2.75) is 13.2 Å². The van der Waals surface area contributed by atoms with E-state index in [1.165, 1.54) is 6.07 Å². The van der Waals surface area contributed by atoms with Crippen LogP contribution in [0.15, 0.2) is 94.4 Å². The van der Waals surface area contributed by atoms with Crippen LogP contribution in [0.1, 0.15) is 11.1 Å². The van der Waals surface area contributed by atoms with Crippen molar-refractivity contribution in [3.05, 3.63) is 107 Å². The molecule has 0 bridgehead atoms. The Bertz CT molecular complexity index is 1160. The highest BCUT2D eigenvalue weighted by Crippen LogP contribution is 2.29. The smallest absolute Gasteiger partial charge is 0.383 e. The van der Waals surface area contributed by atoms with Crippen LogP contribution in [-0.2, 0) is 13.2 Å². The molecule has 4 rings (SSSR count). The Morgan fingerprint density at radius 1 is 0.867 bits per heavy atom. The fourth-order valence-electron chi connectivity index (χ4n) is 2.84. The van der Waals surface area contributed by atoms with Crippen LogP contribution in [0.25, 0.3) is 11.3 Å². The molecular formula is C24H19NO5. The second-order valence-corrected chi connectivity index (χ2v) is 6.56. The van der Waals surface area contributed by atoms with Crippen molar-refractivity contribution in [2.75, 3.05) is 0 Å². The number of rotatable bonds is 7. The van der Waals surface area contributed by atoms with Gasteiger partial charge < -0.3 is 19.0 Å². The zero-order chi connectivity index (χ0) is 20.8. The zero-order valence-corrected chi connectivity index (χ0v) is 16.0. The van der Waals surface area contributed by atoms with Crippen LogP contribution in [0, 0.1) is 0 Å². The van der Waals surface area contributed by atoms with Crippen molar-refractivity contribution in [1.82, 2.24) is 4.98 Å². The molecule has 150 valence electrons. The molecule has 6 nitrogen and oxygen atoms in total. The van der Waals surface area contributed by atoms with Crippen LogP contribution in [-0.4, -0.2) is 10.1 Å². The second-order valence-electron chi connectivity index (χ2n) is 6.56. The summed E-state index contributed by atoms with van der Waals surface area (Å²) in [5.74, 6) is 0.425. The monoisotopic (exact) mass is 401 g/mol. The van der Waals surface area contributed by atoms with E-state index in [0.717, 1.165) is 11.1 Å². The normalized spacial score (nSPS) is 10.5. The third kappa shape index (κ3) is 4.67. The number of benzene rings is 2. The largest absolute Gasteiger partial charge is 0.504 e. The molecule has 0 saturated carbocycles. The Morgan fingerprint density at radius 2 is 1.60 bits per heavy atom. The minimum Gasteiger partial charge on any atom is -0.504 e. The summed E-state index contributed by atoms with van der Waals surface area (Å²) < 4.78 is 16.5. The van der Waals surface area contributed by atoms with Gasteiger partial charge in [0.05, 0.1) is 0 Å². The second kappa shape index (κ2) is 8.96. The molecule has 0 atom stereocenters. The average molecular weight is 401 g/mol. The van der Waals surface area contributed by atoms with Gasteiger partial charge in [0.25, 0.3) is 0 Å². The number of aromatic nitrogens is 1. The van der Waals surface area contributed by atoms with E-state index >= 15 is 0 Å². The third-order valence-corrected chi connectivity index (χ3v) is 4.38. The molecule has 0 spiro atoms. The van der Waals surface area contributed by atoms with E-state index in [0.29, 0.717) is 17.9 Å². The quantitative estimate of drug-likeness (QED) is 0.489. The minimum atomic E-state index is -0.738. The molecule has 0 aliphatic carbocycles. The van der Waals surface area contributed by atoms with Gasteiger partial charge in [-0.05, 0) is 35.9 Å². The molecule has 1 N–H and O–H groups in total. The lowest BCUT2D eigenvalue weighted by atomic mass is 10.1. The molecule has 0 amide bonds. The molecule has 2 aromatic heterocycles. The van der Waals surface area contributed by atoms with Gasteiger partial charge in [-0.2, -0.15) is 0 Å². The van der Waals surface area contributed by atoms with E-state index in [9.17, 15) is 9.90 Å². The average Bonchev–Trinajstić information content (AvgIpc) is 2.79. The van der Waals surface area contributed by atoms with Crippen LogP contribution >= 0.6 is 0 Å². The maximum Gasteiger partial charge on any atom is 0.383 e. The highest BCUT2D eigenvalue weighted by molar-refractivity contribution is 5.61. The van der Waals surface area contributed by atoms with Gasteiger partial charge in [-0.3, -0.25) is 4.98 Å². The Labute approximate surface area is 173 Å². The minimum absolute atomic E-state index is 0.154. The third-order valence-electron chi connectivity index (χ3n) is 4.38. The van der Waals surface area contributed by atoms with Gasteiger partial charge in [0.15, 0.2) is 5.75 Å². The molecule has 2 aromatic carbocycles. The molecule has 0 unspecified atom stereocenters. The van der Waals surface area contributed by atoms with E-state index in [1.807, 2.05) is 42.5 Å². The first-order chi connectivity index (χ1) is 14.7. The number of hydrogen-bond acceptors (Lipinski definition) is 6. The highest BCUT2D eigenvalue weighted by atomic mass is 16.5. The Balaban J connectivity index is 1.45. The molecule has 2 heterocycles. The number of nitrogens with zero attached hydrogens (tertiary/aromatic N) is 1. The van der Waals surface area contributed by atoms with Crippen molar-refractivity contribution in [1.29, 1.82) is 0 Å². The fourth-order valence-corrected chi connectivity index (χ4v) is 2.84. The summed E-state index contributed by atoms with van der Waals surface area (Å²) in [6.07, 6.45) is 3.45. The molecule has 0 aliphatic heterocycles. The molecule has 0 fully saturated rings. The first kappa shape index (κ1) is 19.3. The summed E-state index contributed by atoms with van der Waals surface area (Å²) in [5.41, 5.74) is 1.73. The number of ether oxygens (including phenoxy) is 2. The highest BCUT2D eigenvalue weighted by Gasteiger charge is 2.14. The topological polar surface area (TPSA) is 81.8 Å². The molecule has 0 radical (unpaired) electrons. The summed E-state index contributed by atoms with van der Waals surface area (Å²) in [6.45, 7) is 0.554. The summed E-state index contributed by atoms with van der Waals surface area (Å²) in [4.78, 5) is 16.3. The van der Waals surface area contributed by atoms with Crippen molar-refractivity contribution >= 4 is 0 Å². The van der Waals surface area contributed by atoms with Gasteiger partial charge >= 0.3 is 5.63 Å². The van der Waals surface area contributed by atoms with Gasteiger partial charge in [-0.1, -0.05) is 36.4 Å². The Hall–Kier alpha value is -4.06. The van der Waals surface area contributed by atoms with Gasteiger partial charge in [0.2, 0.25) is 5.75 Å². The summed E-state index contributed by atoms with van der Waals surface area (Å²) in [7, 11) is 0. The van der Waals surface area contributed by atoms with E-state index in [1.54, 1.807) is 36.7 Å². The number of aromatic hydroxyl groups is 1. The van der Waals surface area contributed by atoms with Gasteiger partial charge in [-0.15, -0.1) is 0 Å². The first-order valence-corrected chi connectivity index (χ1v) is 9.35. The van der Waals surface area contributed by atoms with E-state index in [2.05, 4.69) is 4.98 Å². The standard InChI is InChI=1S/C24H19NO5/c26-21-13-22(30-24(27)23(21)29-15-17-5-2-1-3-6-17)19-8-10-20(11-9-19)28-16-18-7-4-12-25-14-18/h1-14,26H,15-16H2.